The Morgan fingerprint density at radius 2 is 1.82 bits per heavy atom. The van der Waals surface area contributed by atoms with Crippen LogP contribution in [0.25, 0.3) is 0 Å². The normalized spacial score (nSPS) is 18.3. The lowest BCUT2D eigenvalue weighted by atomic mass is 9.90. The number of aromatic nitrogens is 2. The van der Waals surface area contributed by atoms with Crippen molar-refractivity contribution in [2.45, 2.75) is 12.3 Å². The molecule has 1 fully saturated rings. The van der Waals surface area contributed by atoms with E-state index in [1.165, 1.54) is 11.9 Å². The fourth-order valence-corrected chi connectivity index (χ4v) is 4.64. The van der Waals surface area contributed by atoms with Gasteiger partial charge in [0.25, 0.3) is 0 Å². The van der Waals surface area contributed by atoms with Gasteiger partial charge in [0, 0.05) is 42.0 Å². The number of carbonyl (C=O) groups is 1. The highest BCUT2D eigenvalue weighted by Gasteiger charge is 2.28. The number of nitrogens with zero attached hydrogens (tertiary/aromatic N) is 5. The van der Waals surface area contributed by atoms with Crippen LogP contribution in [0.1, 0.15) is 17.2 Å². The molecule has 1 aromatic heterocycles. The van der Waals surface area contributed by atoms with Gasteiger partial charge in [0.2, 0.25) is 5.95 Å². The van der Waals surface area contributed by atoms with E-state index in [-0.39, 0.29) is 11.7 Å². The van der Waals surface area contributed by atoms with Gasteiger partial charge >= 0.3 is 0 Å². The third kappa shape index (κ3) is 4.82. The lowest BCUT2D eigenvalue weighted by molar-refractivity contribution is -0.114. The van der Waals surface area contributed by atoms with Gasteiger partial charge in [-0.05, 0) is 49.4 Å². The van der Waals surface area contributed by atoms with Crippen LogP contribution in [0.3, 0.4) is 0 Å². The molecule has 2 aliphatic heterocycles. The zero-order valence-electron chi connectivity index (χ0n) is 18.4. The molecule has 3 aromatic rings. The lowest BCUT2D eigenvalue weighted by Gasteiger charge is -2.34. The van der Waals surface area contributed by atoms with Crippen molar-refractivity contribution in [2.75, 3.05) is 43.4 Å². The summed E-state index contributed by atoms with van der Waals surface area (Å²) in [4.78, 5) is 30.8. The van der Waals surface area contributed by atoms with E-state index < -0.39 is 0 Å². The average Bonchev–Trinajstić information content (AvgIpc) is 2.83. The number of likely N-dealkylation sites (N-methyl/N-ethyl adjacent to an activating group) is 1. The van der Waals surface area contributed by atoms with Crippen LogP contribution in [0.15, 0.2) is 64.2 Å². The van der Waals surface area contributed by atoms with E-state index in [1.54, 1.807) is 6.20 Å². The van der Waals surface area contributed by atoms with Gasteiger partial charge in [-0.3, -0.25) is 4.79 Å². The molecule has 33 heavy (non-hydrogen) atoms. The lowest BCUT2D eigenvalue weighted by Crippen LogP contribution is -2.44. The van der Waals surface area contributed by atoms with Crippen LogP contribution in [0.2, 0.25) is 0 Å². The first-order chi connectivity index (χ1) is 16.1. The van der Waals surface area contributed by atoms with Crippen LogP contribution in [-0.4, -0.2) is 60.1 Å². The maximum Gasteiger partial charge on any atom is 0.227 e. The number of carbonyl (C=O) groups excluding carboxylic acids is 1. The molecule has 0 spiro atoms. The second-order valence-electron chi connectivity index (χ2n) is 8.43. The molecule has 0 aliphatic carbocycles. The number of hydrogen-bond donors (Lipinski definition) is 1. The largest absolute Gasteiger partial charge is 0.369 e. The number of piperazine rings is 1. The number of fused-ring (bicyclic) bond motifs is 1. The number of benzene rings is 2. The van der Waals surface area contributed by atoms with Gasteiger partial charge in [-0.2, -0.15) is 0 Å². The number of hydrogen-bond acceptors (Lipinski definition) is 7. The molecule has 1 N–H and O–H groups in total. The zero-order chi connectivity index (χ0) is 22.8. The molecule has 2 aromatic carbocycles. The molecule has 3 heterocycles. The summed E-state index contributed by atoms with van der Waals surface area (Å²) in [6, 6.07) is 16.3. The topological polar surface area (TPSA) is 73.7 Å². The molecule has 5 rings (SSSR count). The Balaban J connectivity index is 1.34. The van der Waals surface area contributed by atoms with E-state index in [0.717, 1.165) is 41.9 Å². The second-order valence-corrected chi connectivity index (χ2v) is 9.29. The molecule has 8 heteroatoms. The number of ketones is 1. The van der Waals surface area contributed by atoms with Gasteiger partial charge in [-0.1, -0.05) is 34.1 Å². The van der Waals surface area contributed by atoms with Gasteiger partial charge in [0.05, 0.1) is 24.0 Å². The quantitative estimate of drug-likeness (QED) is 0.556. The Bertz CT molecular complexity index is 1190. The van der Waals surface area contributed by atoms with Crippen LogP contribution in [0.5, 0.6) is 0 Å². The first-order valence-corrected chi connectivity index (χ1v) is 11.8. The Labute approximate surface area is 201 Å². The SMILES string of the molecule is CN1CCN(c2ccc(Nc3ncc4c(n3)C(Cc3ccccc3Br)C(=O)C=N4)cc2)CC1. The van der Waals surface area contributed by atoms with E-state index in [2.05, 4.69) is 60.2 Å². The number of aliphatic imine (C=N–C) groups is 1. The number of nitrogens with one attached hydrogen (secondary N) is 1. The van der Waals surface area contributed by atoms with Crippen molar-refractivity contribution >= 4 is 50.9 Å². The number of rotatable bonds is 5. The predicted molar refractivity (Wildman–Crippen MR) is 135 cm³/mol. The van der Waals surface area contributed by atoms with E-state index in [1.807, 2.05) is 36.4 Å². The number of anilines is 3. The minimum absolute atomic E-state index is 0.0422. The van der Waals surface area contributed by atoms with E-state index in [0.29, 0.717) is 23.8 Å². The summed E-state index contributed by atoms with van der Waals surface area (Å²) in [6.07, 6.45) is 3.62. The van der Waals surface area contributed by atoms with Crippen molar-refractivity contribution in [3.05, 3.63) is 70.5 Å². The number of Topliss-reactive ketones (excluding diaryl/α,β-unsaturated/α-hetero) is 1. The molecular weight excluding hydrogens is 480 g/mol. The van der Waals surface area contributed by atoms with Crippen LogP contribution in [-0.2, 0) is 11.2 Å². The average molecular weight is 505 g/mol. The maximum atomic E-state index is 12.7. The Morgan fingerprint density at radius 3 is 2.58 bits per heavy atom. The third-order valence-corrected chi connectivity index (χ3v) is 6.95. The van der Waals surface area contributed by atoms with Crippen molar-refractivity contribution in [1.82, 2.24) is 14.9 Å². The highest BCUT2D eigenvalue weighted by atomic mass is 79.9. The fraction of sp³-hybridized carbons (Fsp3) is 0.280. The van der Waals surface area contributed by atoms with Crippen molar-refractivity contribution in [2.24, 2.45) is 4.99 Å². The summed E-state index contributed by atoms with van der Waals surface area (Å²) < 4.78 is 0.981. The summed E-state index contributed by atoms with van der Waals surface area (Å²) in [5.74, 6) is 0.0296. The molecule has 2 aliphatic rings. The molecule has 7 nitrogen and oxygen atoms in total. The fourth-order valence-electron chi connectivity index (χ4n) is 4.19. The Kier molecular flexibility index (Phi) is 6.20. The minimum atomic E-state index is -0.389. The monoisotopic (exact) mass is 504 g/mol. The first-order valence-electron chi connectivity index (χ1n) is 11.1. The molecule has 1 saturated heterocycles. The molecule has 0 saturated carbocycles. The molecule has 1 unspecified atom stereocenters. The second kappa shape index (κ2) is 9.41. The highest BCUT2D eigenvalue weighted by Crippen LogP contribution is 2.34. The summed E-state index contributed by atoms with van der Waals surface area (Å²) in [7, 11) is 2.16. The molecule has 0 radical (unpaired) electrons. The van der Waals surface area contributed by atoms with Crippen molar-refractivity contribution < 1.29 is 4.79 Å². The van der Waals surface area contributed by atoms with Crippen LogP contribution < -0.4 is 10.2 Å². The first kappa shape index (κ1) is 21.7. The third-order valence-electron chi connectivity index (χ3n) is 6.18. The van der Waals surface area contributed by atoms with Crippen LogP contribution in [0.4, 0.5) is 23.0 Å². The summed E-state index contributed by atoms with van der Waals surface area (Å²) in [5, 5.41) is 3.28. The highest BCUT2D eigenvalue weighted by molar-refractivity contribution is 9.10. The molecule has 168 valence electrons. The van der Waals surface area contributed by atoms with E-state index in [4.69, 9.17) is 4.98 Å². The predicted octanol–water partition coefficient (Wildman–Crippen LogP) is 4.35. The minimum Gasteiger partial charge on any atom is -0.369 e. The Hall–Kier alpha value is -3.10. The summed E-state index contributed by atoms with van der Waals surface area (Å²) in [5.41, 5.74) is 4.48. The standard InChI is InChI=1S/C25H25BrN6O/c1-31-10-12-32(13-11-31)19-8-6-18(7-9-19)29-25-28-15-22-24(30-25)20(23(33)16-27-22)14-17-4-2-3-5-21(17)26/h2-9,15-16,20H,10-14H2,1H3,(H,28,29,30). The van der Waals surface area contributed by atoms with Crippen LogP contribution in [0, 0.1) is 0 Å². The molecule has 1 atom stereocenters. The van der Waals surface area contributed by atoms with E-state index >= 15 is 0 Å². The zero-order valence-corrected chi connectivity index (χ0v) is 20.0. The van der Waals surface area contributed by atoms with Crippen LogP contribution >= 0.6 is 15.9 Å². The van der Waals surface area contributed by atoms with E-state index in [9.17, 15) is 4.79 Å². The maximum absolute atomic E-state index is 12.7. The molecular formula is C25H25BrN6O. The van der Waals surface area contributed by atoms with Gasteiger partial charge in [-0.25, -0.2) is 15.0 Å². The smallest absolute Gasteiger partial charge is 0.227 e. The van der Waals surface area contributed by atoms with Gasteiger partial charge < -0.3 is 15.1 Å². The molecule has 0 bridgehead atoms. The molecule has 0 amide bonds. The summed E-state index contributed by atoms with van der Waals surface area (Å²) in [6.45, 7) is 4.21. The van der Waals surface area contributed by atoms with Crippen molar-refractivity contribution in [3.8, 4) is 0 Å². The van der Waals surface area contributed by atoms with Crippen molar-refractivity contribution in [1.29, 1.82) is 0 Å². The Morgan fingerprint density at radius 1 is 1.06 bits per heavy atom. The van der Waals surface area contributed by atoms with Crippen molar-refractivity contribution in [3.63, 3.8) is 0 Å². The number of halogens is 1. The van der Waals surface area contributed by atoms with Gasteiger partial charge in [-0.15, -0.1) is 0 Å². The van der Waals surface area contributed by atoms with Gasteiger partial charge in [0.15, 0.2) is 5.78 Å². The van der Waals surface area contributed by atoms with Gasteiger partial charge in [0.1, 0.15) is 5.69 Å². The summed E-state index contributed by atoms with van der Waals surface area (Å²) >= 11 is 3.58.